The van der Waals surface area contributed by atoms with E-state index in [0.29, 0.717) is 28.4 Å². The minimum Gasteiger partial charge on any atom is -0.497 e. The van der Waals surface area contributed by atoms with Crippen molar-refractivity contribution < 1.29 is 23.7 Å². The maximum Gasteiger partial charge on any atom is 0.231 e. The van der Waals surface area contributed by atoms with Gasteiger partial charge in [-0.1, -0.05) is 12.1 Å². The van der Waals surface area contributed by atoms with Crippen LogP contribution in [-0.2, 0) is 0 Å². The van der Waals surface area contributed by atoms with Crippen LogP contribution in [0.1, 0.15) is 15.9 Å². The molecule has 0 aliphatic carbocycles. The molecule has 2 heterocycles. The van der Waals surface area contributed by atoms with Crippen molar-refractivity contribution in [1.29, 1.82) is 0 Å². The van der Waals surface area contributed by atoms with Gasteiger partial charge < -0.3 is 18.9 Å². The van der Waals surface area contributed by atoms with Crippen molar-refractivity contribution in [3.8, 4) is 23.0 Å². The van der Waals surface area contributed by atoms with E-state index in [4.69, 9.17) is 18.9 Å². The molecule has 0 amide bonds. The summed E-state index contributed by atoms with van der Waals surface area (Å²) in [6.07, 6.45) is 1.83. The van der Waals surface area contributed by atoms with Gasteiger partial charge in [-0.25, -0.2) is 0 Å². The Kier molecular flexibility index (Phi) is 3.19. The summed E-state index contributed by atoms with van der Waals surface area (Å²) in [6.45, 7) is 0.401. The van der Waals surface area contributed by atoms with Gasteiger partial charge in [0.05, 0.1) is 12.7 Å². The Bertz CT molecular complexity index is 805. The van der Waals surface area contributed by atoms with E-state index in [2.05, 4.69) is 0 Å². The first-order valence-electron chi connectivity index (χ1n) is 7.20. The highest BCUT2D eigenvalue weighted by molar-refractivity contribution is 6.14. The summed E-state index contributed by atoms with van der Waals surface area (Å²) in [5.41, 5.74) is 2.02. The minimum atomic E-state index is -0.0552. The van der Waals surface area contributed by atoms with E-state index in [0.717, 1.165) is 11.3 Å². The van der Waals surface area contributed by atoms with E-state index in [9.17, 15) is 4.79 Å². The molecule has 5 heteroatoms. The number of carbonyl (C=O) groups is 1. The summed E-state index contributed by atoms with van der Waals surface area (Å²) in [6, 6.07) is 10.9. The van der Waals surface area contributed by atoms with Gasteiger partial charge in [-0.2, -0.15) is 0 Å². The average Bonchev–Trinajstić information content (AvgIpc) is 3.04. The number of hydrogen-bond donors (Lipinski definition) is 0. The molecule has 0 radical (unpaired) electrons. The molecule has 0 fully saturated rings. The van der Waals surface area contributed by atoms with Gasteiger partial charge in [-0.3, -0.25) is 4.79 Å². The summed E-state index contributed by atoms with van der Waals surface area (Å²) in [7, 11) is 1.62. The number of carbonyl (C=O) groups excluding carboxylic acids is 1. The van der Waals surface area contributed by atoms with Gasteiger partial charge in [0.25, 0.3) is 0 Å². The number of fused-ring (bicyclic) bond motifs is 2. The number of Topliss-reactive ketones (excluding diaryl/α,β-unsaturated/α-hetero) is 1. The quantitative estimate of drug-likeness (QED) is 0.798. The number of rotatable bonds is 2. The van der Waals surface area contributed by atoms with Gasteiger partial charge in [0, 0.05) is 11.6 Å². The molecule has 0 bridgehead atoms. The highest BCUT2D eigenvalue weighted by Crippen LogP contribution is 2.40. The molecule has 116 valence electrons. The molecular weight excluding hydrogens is 296 g/mol. The van der Waals surface area contributed by atoms with Crippen LogP contribution in [0.5, 0.6) is 23.0 Å². The van der Waals surface area contributed by atoms with Crippen LogP contribution in [-0.4, -0.2) is 26.3 Å². The molecular formula is C18H14O5. The molecule has 0 spiro atoms. The average molecular weight is 310 g/mol. The summed E-state index contributed by atoms with van der Waals surface area (Å²) >= 11 is 0. The predicted octanol–water partition coefficient (Wildman–Crippen LogP) is 3.08. The van der Waals surface area contributed by atoms with E-state index in [1.807, 2.05) is 30.3 Å². The van der Waals surface area contributed by atoms with Gasteiger partial charge in [-0.15, -0.1) is 0 Å². The highest BCUT2D eigenvalue weighted by Gasteiger charge is 2.27. The second-order valence-electron chi connectivity index (χ2n) is 5.26. The Hall–Kier alpha value is -2.95. The number of hydrogen-bond acceptors (Lipinski definition) is 5. The van der Waals surface area contributed by atoms with Crippen LogP contribution >= 0.6 is 0 Å². The maximum absolute atomic E-state index is 12.7. The number of benzene rings is 2. The lowest BCUT2D eigenvalue weighted by atomic mass is 9.98. The monoisotopic (exact) mass is 310 g/mol. The first kappa shape index (κ1) is 13.7. The Morgan fingerprint density at radius 2 is 1.74 bits per heavy atom. The van der Waals surface area contributed by atoms with Crippen molar-refractivity contribution in [2.24, 2.45) is 0 Å². The maximum atomic E-state index is 12.7. The van der Waals surface area contributed by atoms with Crippen molar-refractivity contribution in [1.82, 2.24) is 0 Å². The smallest absolute Gasteiger partial charge is 0.231 e. The molecule has 2 aromatic rings. The highest BCUT2D eigenvalue weighted by atomic mass is 16.7. The standard InChI is InChI=1S/C18H14O5/c1-20-13-4-2-11(3-5-13)6-12-9-21-15-8-17-16(22-10-23-17)7-14(15)18(12)19/h2-8H,9-10H2,1H3/b12-6-. The minimum absolute atomic E-state index is 0.0552. The number of ketones is 1. The third-order valence-electron chi connectivity index (χ3n) is 3.85. The van der Waals surface area contributed by atoms with Crippen LogP contribution in [0.15, 0.2) is 42.0 Å². The molecule has 5 nitrogen and oxygen atoms in total. The zero-order valence-corrected chi connectivity index (χ0v) is 12.5. The lowest BCUT2D eigenvalue weighted by Gasteiger charge is -2.19. The second-order valence-corrected chi connectivity index (χ2v) is 5.26. The van der Waals surface area contributed by atoms with Gasteiger partial charge in [0.2, 0.25) is 6.79 Å². The van der Waals surface area contributed by atoms with Gasteiger partial charge >= 0.3 is 0 Å². The van der Waals surface area contributed by atoms with Crippen molar-refractivity contribution in [3.05, 3.63) is 53.1 Å². The molecule has 2 aromatic carbocycles. The first-order chi connectivity index (χ1) is 11.2. The van der Waals surface area contributed by atoms with Crippen molar-refractivity contribution in [2.75, 3.05) is 20.5 Å². The summed E-state index contributed by atoms with van der Waals surface area (Å²) in [5.74, 6) is 2.44. The molecule has 2 aliphatic heterocycles. The van der Waals surface area contributed by atoms with Crippen LogP contribution in [0.2, 0.25) is 0 Å². The fourth-order valence-corrected chi connectivity index (χ4v) is 2.62. The molecule has 0 unspecified atom stereocenters. The van der Waals surface area contributed by atoms with Crippen molar-refractivity contribution >= 4 is 11.9 Å². The molecule has 0 aromatic heterocycles. The molecule has 0 N–H and O–H groups in total. The van der Waals surface area contributed by atoms with E-state index < -0.39 is 0 Å². The predicted molar refractivity (Wildman–Crippen MR) is 83.4 cm³/mol. The van der Waals surface area contributed by atoms with E-state index in [1.54, 1.807) is 19.2 Å². The summed E-state index contributed by atoms with van der Waals surface area (Å²) < 4.78 is 21.5. The fraction of sp³-hybridized carbons (Fsp3) is 0.167. The Morgan fingerprint density at radius 3 is 2.48 bits per heavy atom. The van der Waals surface area contributed by atoms with E-state index in [-0.39, 0.29) is 19.2 Å². The van der Waals surface area contributed by atoms with Gasteiger partial charge in [-0.05, 0) is 29.8 Å². The first-order valence-corrected chi connectivity index (χ1v) is 7.20. The van der Waals surface area contributed by atoms with Crippen LogP contribution in [0.4, 0.5) is 0 Å². The Labute approximate surface area is 133 Å². The van der Waals surface area contributed by atoms with E-state index in [1.165, 1.54) is 0 Å². The van der Waals surface area contributed by atoms with Gasteiger partial charge in [0.1, 0.15) is 18.1 Å². The van der Waals surface area contributed by atoms with E-state index >= 15 is 0 Å². The Balaban J connectivity index is 1.67. The topological polar surface area (TPSA) is 54.0 Å². The third-order valence-corrected chi connectivity index (χ3v) is 3.85. The zero-order chi connectivity index (χ0) is 15.8. The van der Waals surface area contributed by atoms with Crippen LogP contribution in [0.25, 0.3) is 6.08 Å². The molecule has 0 saturated heterocycles. The third kappa shape index (κ3) is 2.40. The van der Waals surface area contributed by atoms with Gasteiger partial charge in [0.15, 0.2) is 17.3 Å². The number of methoxy groups -OCH3 is 1. The summed E-state index contributed by atoms with van der Waals surface area (Å²) in [4.78, 5) is 12.7. The van der Waals surface area contributed by atoms with Crippen molar-refractivity contribution in [3.63, 3.8) is 0 Å². The summed E-state index contributed by atoms with van der Waals surface area (Å²) in [5, 5.41) is 0. The van der Waals surface area contributed by atoms with Crippen LogP contribution < -0.4 is 18.9 Å². The molecule has 4 rings (SSSR count). The second kappa shape index (κ2) is 5.35. The fourth-order valence-electron chi connectivity index (χ4n) is 2.62. The normalized spacial score (nSPS) is 16.9. The van der Waals surface area contributed by atoms with Crippen LogP contribution in [0.3, 0.4) is 0 Å². The lowest BCUT2D eigenvalue weighted by molar-refractivity contribution is 0.100. The van der Waals surface area contributed by atoms with Crippen molar-refractivity contribution in [2.45, 2.75) is 0 Å². The Morgan fingerprint density at radius 1 is 1.00 bits per heavy atom. The van der Waals surface area contributed by atoms with Crippen LogP contribution in [0, 0.1) is 0 Å². The SMILES string of the molecule is COc1ccc(/C=C2/COc3cc4c(cc3C2=O)OCO4)cc1. The molecule has 0 saturated carbocycles. The molecule has 0 atom stereocenters. The molecule has 2 aliphatic rings. The molecule has 23 heavy (non-hydrogen) atoms. The zero-order valence-electron chi connectivity index (χ0n) is 12.5. The lowest BCUT2D eigenvalue weighted by Crippen LogP contribution is -2.19. The number of ether oxygens (including phenoxy) is 4. The largest absolute Gasteiger partial charge is 0.497 e.